The van der Waals surface area contributed by atoms with Crippen LogP contribution in [0.2, 0.25) is 0 Å². The summed E-state index contributed by atoms with van der Waals surface area (Å²) in [6.45, 7) is 10.9. The first-order valence-corrected chi connectivity index (χ1v) is 5.07. The number of nitrogens with zero attached hydrogens (tertiary/aromatic N) is 1. The van der Waals surface area contributed by atoms with Gasteiger partial charge in [-0.1, -0.05) is 19.6 Å². The molecule has 0 rings (SSSR count). The molecule has 0 unspecified atom stereocenters. The highest BCUT2D eigenvalue weighted by atomic mass is 15.1. The second-order valence-corrected chi connectivity index (χ2v) is 3.37. The molecule has 0 aromatic carbocycles. The van der Waals surface area contributed by atoms with Gasteiger partial charge in [0.2, 0.25) is 0 Å². The summed E-state index contributed by atoms with van der Waals surface area (Å²) in [6, 6.07) is 0. The van der Waals surface area contributed by atoms with Gasteiger partial charge in [-0.2, -0.15) is 0 Å². The fourth-order valence-electron chi connectivity index (χ4n) is 1.26. The van der Waals surface area contributed by atoms with E-state index >= 15 is 0 Å². The van der Waals surface area contributed by atoms with Crippen LogP contribution in [0.5, 0.6) is 0 Å². The zero-order valence-electron chi connectivity index (χ0n) is 9.80. The van der Waals surface area contributed by atoms with E-state index in [2.05, 4.69) is 32.4 Å². The van der Waals surface area contributed by atoms with E-state index in [4.69, 9.17) is 5.73 Å². The number of hydrogen-bond donors (Lipinski definition) is 1. The molecule has 0 aliphatic heterocycles. The number of rotatable bonds is 5. The summed E-state index contributed by atoms with van der Waals surface area (Å²) in [5.41, 5.74) is 8.93. The maximum absolute atomic E-state index is 5.70. The lowest BCUT2D eigenvalue weighted by molar-refractivity contribution is 0.450. The quantitative estimate of drug-likeness (QED) is 0.682. The molecule has 2 N–H and O–H groups in total. The Bertz CT molecular complexity index is 245. The van der Waals surface area contributed by atoms with Gasteiger partial charge < -0.3 is 10.6 Å². The summed E-state index contributed by atoms with van der Waals surface area (Å²) < 4.78 is 0. The van der Waals surface area contributed by atoms with Crippen LogP contribution in [0, 0.1) is 0 Å². The van der Waals surface area contributed by atoms with Crippen molar-refractivity contribution in [3.05, 3.63) is 35.7 Å². The third-order valence-corrected chi connectivity index (χ3v) is 2.21. The summed E-state index contributed by atoms with van der Waals surface area (Å²) in [5, 5.41) is 0. The lowest BCUT2D eigenvalue weighted by Gasteiger charge is -2.21. The maximum Gasteiger partial charge on any atom is 0.0412 e. The summed E-state index contributed by atoms with van der Waals surface area (Å²) >= 11 is 0. The van der Waals surface area contributed by atoms with Crippen LogP contribution in [-0.2, 0) is 0 Å². The van der Waals surface area contributed by atoms with E-state index in [1.54, 1.807) is 0 Å². The van der Waals surface area contributed by atoms with Crippen molar-refractivity contribution in [3.63, 3.8) is 0 Å². The van der Waals surface area contributed by atoms with Crippen LogP contribution in [0.4, 0.5) is 0 Å². The molecule has 0 atom stereocenters. The van der Waals surface area contributed by atoms with Crippen molar-refractivity contribution in [3.8, 4) is 0 Å². The van der Waals surface area contributed by atoms with E-state index < -0.39 is 0 Å². The monoisotopic (exact) mass is 194 g/mol. The van der Waals surface area contributed by atoms with Gasteiger partial charge in [0, 0.05) is 25.0 Å². The standard InChI is InChI=1S/C12H22N2/c1-6-11(7-2)12(9-10(4)13)14(5)8-3/h6,9H,1,7-8,13H2,2-5H3/b10-9+,12-11-. The van der Waals surface area contributed by atoms with Crippen LogP contribution in [0.1, 0.15) is 27.2 Å². The highest BCUT2D eigenvalue weighted by Gasteiger charge is 2.04. The number of hydrogen-bond acceptors (Lipinski definition) is 2. The molecule has 0 bridgehead atoms. The summed E-state index contributed by atoms with van der Waals surface area (Å²) in [7, 11) is 2.06. The normalized spacial score (nSPS) is 13.6. The molecule has 0 saturated heterocycles. The minimum absolute atomic E-state index is 0.827. The number of allylic oxidation sites excluding steroid dienone is 4. The van der Waals surface area contributed by atoms with Crippen molar-refractivity contribution in [1.29, 1.82) is 0 Å². The van der Waals surface area contributed by atoms with Crippen molar-refractivity contribution < 1.29 is 0 Å². The SMILES string of the molecule is C=C/C(CC)=C(\C=C(/C)N)N(C)CC. The second kappa shape index (κ2) is 6.30. The van der Waals surface area contributed by atoms with E-state index in [1.807, 2.05) is 19.1 Å². The summed E-state index contributed by atoms with van der Waals surface area (Å²) in [6.07, 6.45) is 4.89. The van der Waals surface area contributed by atoms with Crippen LogP contribution in [-0.4, -0.2) is 18.5 Å². The Hall–Kier alpha value is -1.18. The van der Waals surface area contributed by atoms with E-state index in [1.165, 1.54) is 11.3 Å². The van der Waals surface area contributed by atoms with Gasteiger partial charge in [-0.25, -0.2) is 0 Å². The molecule has 0 aromatic heterocycles. The molecule has 0 fully saturated rings. The van der Waals surface area contributed by atoms with Gasteiger partial charge in [0.15, 0.2) is 0 Å². The topological polar surface area (TPSA) is 29.3 Å². The van der Waals surface area contributed by atoms with E-state index in [0.29, 0.717) is 0 Å². The molecule has 0 spiro atoms. The average Bonchev–Trinajstić information content (AvgIpc) is 2.16. The molecular formula is C12H22N2. The predicted molar refractivity (Wildman–Crippen MR) is 63.8 cm³/mol. The van der Waals surface area contributed by atoms with Crippen LogP contribution in [0.25, 0.3) is 0 Å². The molecule has 0 aliphatic carbocycles. The molecule has 2 nitrogen and oxygen atoms in total. The van der Waals surface area contributed by atoms with Gasteiger partial charge in [-0.05, 0) is 31.9 Å². The fraction of sp³-hybridized carbons (Fsp3) is 0.500. The van der Waals surface area contributed by atoms with Crippen molar-refractivity contribution in [2.75, 3.05) is 13.6 Å². The molecule has 14 heavy (non-hydrogen) atoms. The third-order valence-electron chi connectivity index (χ3n) is 2.21. The first kappa shape index (κ1) is 12.8. The lowest BCUT2D eigenvalue weighted by atomic mass is 10.1. The summed E-state index contributed by atoms with van der Waals surface area (Å²) in [5.74, 6) is 0. The number of likely N-dealkylation sites (N-methyl/N-ethyl adjacent to an activating group) is 1. The Balaban J connectivity index is 5.16. The predicted octanol–water partition coefficient (Wildman–Crippen LogP) is 2.65. The first-order chi connectivity index (χ1) is 6.56. The van der Waals surface area contributed by atoms with E-state index in [9.17, 15) is 0 Å². The van der Waals surface area contributed by atoms with Gasteiger partial charge in [0.05, 0.1) is 0 Å². The highest BCUT2D eigenvalue weighted by molar-refractivity contribution is 5.32. The molecule has 0 amide bonds. The first-order valence-electron chi connectivity index (χ1n) is 5.07. The van der Waals surface area contributed by atoms with Gasteiger partial charge in [0.1, 0.15) is 0 Å². The van der Waals surface area contributed by atoms with Gasteiger partial charge in [-0.15, -0.1) is 0 Å². The maximum atomic E-state index is 5.70. The number of nitrogens with two attached hydrogens (primary N) is 1. The van der Waals surface area contributed by atoms with Crippen LogP contribution in [0.15, 0.2) is 35.7 Å². The summed E-state index contributed by atoms with van der Waals surface area (Å²) in [4.78, 5) is 2.18. The van der Waals surface area contributed by atoms with Crippen molar-refractivity contribution in [2.24, 2.45) is 5.73 Å². The van der Waals surface area contributed by atoms with Gasteiger partial charge in [0.25, 0.3) is 0 Å². The largest absolute Gasteiger partial charge is 0.402 e. The minimum Gasteiger partial charge on any atom is -0.402 e. The fourth-order valence-corrected chi connectivity index (χ4v) is 1.26. The van der Waals surface area contributed by atoms with Crippen molar-refractivity contribution >= 4 is 0 Å². The zero-order chi connectivity index (χ0) is 11.1. The Labute approximate surface area is 87.8 Å². The second-order valence-electron chi connectivity index (χ2n) is 3.37. The van der Waals surface area contributed by atoms with E-state index in [0.717, 1.165) is 18.7 Å². The Kier molecular flexibility index (Phi) is 5.77. The van der Waals surface area contributed by atoms with E-state index in [-0.39, 0.29) is 0 Å². The molecule has 0 aliphatic rings. The van der Waals surface area contributed by atoms with Crippen LogP contribution >= 0.6 is 0 Å². The van der Waals surface area contributed by atoms with Gasteiger partial charge in [-0.3, -0.25) is 0 Å². The third kappa shape index (κ3) is 3.69. The Morgan fingerprint density at radius 2 is 2.00 bits per heavy atom. The highest BCUT2D eigenvalue weighted by Crippen LogP contribution is 2.15. The van der Waals surface area contributed by atoms with Crippen LogP contribution in [0.3, 0.4) is 0 Å². The molecule has 0 saturated carbocycles. The molecule has 2 heteroatoms. The Morgan fingerprint density at radius 1 is 1.43 bits per heavy atom. The molecule has 0 radical (unpaired) electrons. The lowest BCUT2D eigenvalue weighted by Crippen LogP contribution is -2.18. The molecule has 80 valence electrons. The van der Waals surface area contributed by atoms with Crippen LogP contribution < -0.4 is 5.73 Å². The smallest absolute Gasteiger partial charge is 0.0412 e. The van der Waals surface area contributed by atoms with Gasteiger partial charge >= 0.3 is 0 Å². The van der Waals surface area contributed by atoms with Crippen molar-refractivity contribution in [2.45, 2.75) is 27.2 Å². The Morgan fingerprint density at radius 3 is 2.29 bits per heavy atom. The molecular weight excluding hydrogens is 172 g/mol. The molecule has 0 aromatic rings. The average molecular weight is 194 g/mol. The van der Waals surface area contributed by atoms with Crippen molar-refractivity contribution in [1.82, 2.24) is 4.90 Å². The minimum atomic E-state index is 0.827. The molecule has 0 heterocycles. The zero-order valence-corrected chi connectivity index (χ0v) is 9.80.